The van der Waals surface area contributed by atoms with Crippen LogP contribution in [0.25, 0.3) is 10.2 Å². The molecule has 0 aliphatic heterocycles. The van der Waals surface area contributed by atoms with Gasteiger partial charge in [-0.1, -0.05) is 23.5 Å². The second-order valence-electron chi connectivity index (χ2n) is 4.10. The number of para-hydroxylation sites is 1. The number of thiazole rings is 1. The molecule has 0 atom stereocenters. The molecule has 0 saturated heterocycles. The summed E-state index contributed by atoms with van der Waals surface area (Å²) in [7, 11) is 0. The van der Waals surface area contributed by atoms with Crippen molar-refractivity contribution in [1.29, 1.82) is 0 Å². The molecule has 0 radical (unpaired) electrons. The Balaban J connectivity index is 1.75. The van der Waals surface area contributed by atoms with Gasteiger partial charge >= 0.3 is 0 Å². The second-order valence-corrected chi connectivity index (χ2v) is 5.14. The van der Waals surface area contributed by atoms with Gasteiger partial charge in [0, 0.05) is 0 Å². The fraction of sp³-hybridized carbons (Fsp3) is 0. The van der Waals surface area contributed by atoms with Gasteiger partial charge in [0.15, 0.2) is 11.5 Å². The second kappa shape index (κ2) is 5.18. The Morgan fingerprint density at radius 3 is 2.75 bits per heavy atom. The normalized spacial score (nSPS) is 11.2. The van der Waals surface area contributed by atoms with E-state index in [0.717, 1.165) is 10.2 Å². The highest BCUT2D eigenvalue weighted by Crippen LogP contribution is 2.26. The largest absolute Gasteiger partial charge is 0.504 e. The molecule has 0 bridgehead atoms. The maximum absolute atomic E-state index is 9.37. The van der Waals surface area contributed by atoms with Crippen molar-refractivity contribution in [2.75, 3.05) is 5.43 Å². The van der Waals surface area contributed by atoms with Gasteiger partial charge in [-0.15, -0.1) is 0 Å². The molecule has 3 aromatic rings. The fourth-order valence-electron chi connectivity index (χ4n) is 1.70. The summed E-state index contributed by atoms with van der Waals surface area (Å²) in [4.78, 5) is 4.38. The number of nitrogens with zero attached hydrogens (tertiary/aromatic N) is 2. The first-order valence-electron chi connectivity index (χ1n) is 5.89. The zero-order valence-electron chi connectivity index (χ0n) is 10.3. The van der Waals surface area contributed by atoms with Crippen molar-refractivity contribution < 1.29 is 10.2 Å². The summed E-state index contributed by atoms with van der Waals surface area (Å²) in [6.07, 6.45) is 1.55. The molecule has 0 unspecified atom stereocenters. The van der Waals surface area contributed by atoms with Crippen LogP contribution in [0.1, 0.15) is 5.56 Å². The molecule has 0 spiro atoms. The minimum atomic E-state index is -0.172. The third-order valence-corrected chi connectivity index (χ3v) is 3.61. The molecule has 0 aliphatic carbocycles. The molecule has 5 nitrogen and oxygen atoms in total. The SMILES string of the molecule is Oc1ccc(/C=N/Nc2nc3ccccc3s2)cc1O. The van der Waals surface area contributed by atoms with Gasteiger partial charge in [-0.2, -0.15) is 5.10 Å². The number of phenolic OH excluding ortho intramolecular Hbond substituents is 2. The number of hydrogen-bond acceptors (Lipinski definition) is 6. The van der Waals surface area contributed by atoms with Crippen molar-refractivity contribution in [3.63, 3.8) is 0 Å². The molecule has 0 amide bonds. The van der Waals surface area contributed by atoms with Crippen LogP contribution in [-0.2, 0) is 0 Å². The maximum atomic E-state index is 9.37. The highest BCUT2D eigenvalue weighted by Gasteiger charge is 2.01. The molecular weight excluding hydrogens is 274 g/mol. The molecule has 3 rings (SSSR count). The number of benzene rings is 2. The first kappa shape index (κ1) is 12.4. The molecule has 3 N–H and O–H groups in total. The highest BCUT2D eigenvalue weighted by molar-refractivity contribution is 7.22. The maximum Gasteiger partial charge on any atom is 0.204 e. The van der Waals surface area contributed by atoms with Crippen molar-refractivity contribution in [3.05, 3.63) is 48.0 Å². The number of anilines is 1. The molecule has 20 heavy (non-hydrogen) atoms. The Morgan fingerprint density at radius 1 is 1.10 bits per heavy atom. The van der Waals surface area contributed by atoms with Crippen LogP contribution in [0.2, 0.25) is 0 Å². The van der Waals surface area contributed by atoms with Gasteiger partial charge in [-0.05, 0) is 35.9 Å². The average molecular weight is 285 g/mol. The van der Waals surface area contributed by atoms with Crippen LogP contribution in [0.4, 0.5) is 5.13 Å². The number of hydrazone groups is 1. The Hall–Kier alpha value is -2.60. The average Bonchev–Trinajstić information content (AvgIpc) is 2.85. The van der Waals surface area contributed by atoms with Crippen molar-refractivity contribution >= 4 is 32.9 Å². The Morgan fingerprint density at radius 2 is 1.95 bits per heavy atom. The highest BCUT2D eigenvalue weighted by atomic mass is 32.1. The van der Waals surface area contributed by atoms with Gasteiger partial charge < -0.3 is 10.2 Å². The fourth-order valence-corrected chi connectivity index (χ4v) is 2.52. The van der Waals surface area contributed by atoms with Crippen LogP contribution in [0.15, 0.2) is 47.6 Å². The number of aromatic nitrogens is 1. The predicted molar refractivity (Wildman–Crippen MR) is 80.6 cm³/mol. The summed E-state index contributed by atoms with van der Waals surface area (Å²) in [5.74, 6) is -0.324. The van der Waals surface area contributed by atoms with E-state index in [1.165, 1.54) is 23.5 Å². The Bertz CT molecular complexity index is 750. The van der Waals surface area contributed by atoms with E-state index in [4.69, 9.17) is 0 Å². The number of rotatable bonds is 3. The van der Waals surface area contributed by atoms with Crippen LogP contribution in [0, 0.1) is 0 Å². The summed E-state index contributed by atoms with van der Waals surface area (Å²) < 4.78 is 1.09. The smallest absolute Gasteiger partial charge is 0.204 e. The summed E-state index contributed by atoms with van der Waals surface area (Å²) in [5.41, 5.74) is 4.45. The summed E-state index contributed by atoms with van der Waals surface area (Å²) in [6, 6.07) is 12.3. The van der Waals surface area contributed by atoms with Crippen molar-refractivity contribution in [2.45, 2.75) is 0 Å². The van der Waals surface area contributed by atoms with Crippen LogP contribution in [0.5, 0.6) is 11.5 Å². The van der Waals surface area contributed by atoms with Gasteiger partial charge in [-0.3, -0.25) is 5.43 Å². The van der Waals surface area contributed by atoms with Gasteiger partial charge in [0.05, 0.1) is 16.4 Å². The zero-order chi connectivity index (χ0) is 13.9. The van der Waals surface area contributed by atoms with Crippen LogP contribution >= 0.6 is 11.3 Å². The van der Waals surface area contributed by atoms with Gasteiger partial charge in [-0.25, -0.2) is 4.98 Å². The molecule has 0 saturated carbocycles. The van der Waals surface area contributed by atoms with Gasteiger partial charge in [0.25, 0.3) is 0 Å². The number of aromatic hydroxyl groups is 2. The summed E-state index contributed by atoms with van der Waals surface area (Å²) in [6.45, 7) is 0. The predicted octanol–water partition coefficient (Wildman–Crippen LogP) is 3.15. The van der Waals surface area contributed by atoms with Crippen LogP contribution in [0.3, 0.4) is 0 Å². The lowest BCUT2D eigenvalue weighted by atomic mass is 10.2. The zero-order valence-corrected chi connectivity index (χ0v) is 11.1. The Labute approximate surface area is 118 Å². The van der Waals surface area contributed by atoms with Crippen LogP contribution in [-0.4, -0.2) is 21.4 Å². The van der Waals surface area contributed by atoms with Gasteiger partial charge in [0.1, 0.15) is 0 Å². The van der Waals surface area contributed by atoms with E-state index in [1.807, 2.05) is 24.3 Å². The summed E-state index contributed by atoms with van der Waals surface area (Å²) >= 11 is 1.51. The van der Waals surface area contributed by atoms with Crippen molar-refractivity contribution in [1.82, 2.24) is 4.98 Å². The first-order chi connectivity index (χ1) is 9.72. The van der Waals surface area contributed by atoms with Gasteiger partial charge in [0.2, 0.25) is 5.13 Å². The third-order valence-electron chi connectivity index (χ3n) is 2.67. The standard InChI is InChI=1S/C14H11N3O2S/c18-11-6-5-9(7-12(11)19)8-15-17-14-16-10-3-1-2-4-13(10)20-14/h1-8,18-19H,(H,16,17)/b15-8+. The van der Waals surface area contributed by atoms with E-state index in [-0.39, 0.29) is 11.5 Å². The molecule has 0 aliphatic rings. The van der Waals surface area contributed by atoms with E-state index >= 15 is 0 Å². The number of fused-ring (bicyclic) bond motifs is 1. The van der Waals surface area contributed by atoms with E-state index in [9.17, 15) is 10.2 Å². The Kier molecular flexibility index (Phi) is 3.22. The summed E-state index contributed by atoms with van der Waals surface area (Å²) in [5, 5.41) is 23.3. The molecule has 0 fully saturated rings. The minimum absolute atomic E-state index is 0.152. The lowest BCUT2D eigenvalue weighted by Crippen LogP contribution is -1.89. The van der Waals surface area contributed by atoms with Crippen molar-refractivity contribution in [3.8, 4) is 11.5 Å². The molecule has 1 aromatic heterocycles. The van der Waals surface area contributed by atoms with Crippen molar-refractivity contribution in [2.24, 2.45) is 5.10 Å². The monoisotopic (exact) mass is 285 g/mol. The quantitative estimate of drug-likeness (QED) is 0.392. The first-order valence-corrected chi connectivity index (χ1v) is 6.71. The number of nitrogens with one attached hydrogen (secondary N) is 1. The van der Waals surface area contributed by atoms with Crippen LogP contribution < -0.4 is 5.43 Å². The molecule has 2 aromatic carbocycles. The lowest BCUT2D eigenvalue weighted by Gasteiger charge is -1.98. The van der Waals surface area contributed by atoms with E-state index in [0.29, 0.717) is 10.7 Å². The number of hydrogen-bond donors (Lipinski definition) is 3. The minimum Gasteiger partial charge on any atom is -0.504 e. The van der Waals surface area contributed by atoms with E-state index < -0.39 is 0 Å². The third kappa shape index (κ3) is 2.55. The molecule has 1 heterocycles. The molecule has 6 heteroatoms. The lowest BCUT2D eigenvalue weighted by molar-refractivity contribution is 0.403. The van der Waals surface area contributed by atoms with E-state index in [1.54, 1.807) is 12.3 Å². The van der Waals surface area contributed by atoms with E-state index in [2.05, 4.69) is 15.5 Å². The topological polar surface area (TPSA) is 77.7 Å². The molecule has 100 valence electrons. The number of phenols is 2. The molecular formula is C14H11N3O2S.